The monoisotopic (exact) mass is 538 g/mol. The summed E-state index contributed by atoms with van der Waals surface area (Å²) in [6.07, 6.45) is 4.00. The van der Waals surface area contributed by atoms with Crippen LogP contribution in [-0.4, -0.2) is 52.8 Å². The molecule has 3 atom stereocenters. The van der Waals surface area contributed by atoms with Crippen LogP contribution in [0.2, 0.25) is 5.02 Å². The molecule has 4 rings (SSSR count). The molecule has 2 unspecified atom stereocenters. The van der Waals surface area contributed by atoms with E-state index in [4.69, 9.17) is 16.3 Å². The first kappa shape index (κ1) is 27.8. The molecule has 0 aliphatic carbocycles. The quantitative estimate of drug-likeness (QED) is 0.340. The van der Waals surface area contributed by atoms with Gasteiger partial charge in [0.2, 0.25) is 0 Å². The van der Waals surface area contributed by atoms with Gasteiger partial charge in [0.25, 0.3) is 0 Å². The molecule has 8 heteroatoms. The largest absolute Gasteiger partial charge is 0.497 e. The average Bonchev–Trinajstić information content (AvgIpc) is 2.89. The van der Waals surface area contributed by atoms with Crippen molar-refractivity contribution in [2.24, 2.45) is 11.8 Å². The lowest BCUT2D eigenvalue weighted by atomic mass is 9.79. The number of carboxylic acids is 1. The van der Waals surface area contributed by atoms with Crippen LogP contribution in [0.25, 0.3) is 10.9 Å². The van der Waals surface area contributed by atoms with Gasteiger partial charge in [-0.25, -0.2) is 4.39 Å². The minimum Gasteiger partial charge on any atom is -0.497 e. The highest BCUT2D eigenvalue weighted by Crippen LogP contribution is 2.35. The van der Waals surface area contributed by atoms with Crippen molar-refractivity contribution in [3.63, 3.8) is 0 Å². The summed E-state index contributed by atoms with van der Waals surface area (Å²) in [6.45, 7) is 2.08. The molecule has 0 amide bonds. The number of hydrogen-bond donors (Lipinski definition) is 2. The van der Waals surface area contributed by atoms with Crippen LogP contribution < -0.4 is 4.74 Å². The zero-order valence-corrected chi connectivity index (χ0v) is 22.1. The van der Waals surface area contributed by atoms with Crippen molar-refractivity contribution in [3.8, 4) is 17.6 Å². The molecule has 2 heterocycles. The Labute approximate surface area is 227 Å². The Balaban J connectivity index is 1.40. The molecule has 38 heavy (non-hydrogen) atoms. The molecule has 200 valence electrons. The number of fused-ring (bicyclic) bond motifs is 1. The van der Waals surface area contributed by atoms with E-state index in [0.29, 0.717) is 41.6 Å². The first-order valence-electron chi connectivity index (χ1n) is 12.8. The highest BCUT2D eigenvalue weighted by atomic mass is 35.5. The Hall–Kier alpha value is -3.18. The Bertz CT molecular complexity index is 1320. The lowest BCUT2D eigenvalue weighted by molar-refractivity contribution is -0.137. The number of carboxylic acid groups (broad SMARTS) is 1. The van der Waals surface area contributed by atoms with E-state index in [0.717, 1.165) is 42.4 Å². The lowest BCUT2D eigenvalue weighted by Gasteiger charge is -2.38. The number of nitrogens with zero attached hydrogens (tertiary/aromatic N) is 2. The molecule has 1 aliphatic rings. The predicted octanol–water partition coefficient (Wildman–Crippen LogP) is 5.70. The van der Waals surface area contributed by atoms with Crippen molar-refractivity contribution in [1.82, 2.24) is 9.88 Å². The number of aromatic nitrogens is 1. The Morgan fingerprint density at radius 3 is 2.84 bits per heavy atom. The third-order valence-electron chi connectivity index (χ3n) is 7.25. The van der Waals surface area contributed by atoms with Gasteiger partial charge in [0.1, 0.15) is 11.6 Å². The van der Waals surface area contributed by atoms with Crippen LogP contribution in [0, 0.1) is 29.5 Å². The summed E-state index contributed by atoms with van der Waals surface area (Å²) >= 11 is 5.91. The van der Waals surface area contributed by atoms with Gasteiger partial charge < -0.3 is 14.9 Å². The van der Waals surface area contributed by atoms with Crippen molar-refractivity contribution >= 4 is 28.5 Å². The molecule has 1 fully saturated rings. The van der Waals surface area contributed by atoms with Gasteiger partial charge in [-0.3, -0.25) is 14.7 Å². The molecule has 0 saturated carbocycles. The molecular weight excluding hydrogens is 507 g/mol. The smallest absolute Gasteiger partial charge is 0.303 e. The molecular formula is C30H32ClFN2O4. The molecule has 3 aromatic rings. The summed E-state index contributed by atoms with van der Waals surface area (Å²) in [5.41, 5.74) is 2.15. The Morgan fingerprint density at radius 1 is 1.24 bits per heavy atom. The first-order chi connectivity index (χ1) is 18.3. The second-order valence-corrected chi connectivity index (χ2v) is 10.2. The van der Waals surface area contributed by atoms with E-state index in [2.05, 4.69) is 21.7 Å². The second kappa shape index (κ2) is 13.1. The van der Waals surface area contributed by atoms with Gasteiger partial charge in [0.15, 0.2) is 0 Å². The number of benzene rings is 2. The van der Waals surface area contributed by atoms with Crippen LogP contribution in [-0.2, 0) is 4.79 Å². The summed E-state index contributed by atoms with van der Waals surface area (Å²) in [5, 5.41) is 21.6. The Kier molecular flexibility index (Phi) is 9.57. The normalized spacial score (nSPS) is 18.5. The number of aliphatic carboxylic acids is 1. The summed E-state index contributed by atoms with van der Waals surface area (Å²) < 4.78 is 18.9. The molecule has 0 bridgehead atoms. The van der Waals surface area contributed by atoms with Gasteiger partial charge in [0, 0.05) is 35.1 Å². The average molecular weight is 539 g/mol. The third kappa shape index (κ3) is 7.44. The topological polar surface area (TPSA) is 82.9 Å². The van der Waals surface area contributed by atoms with Crippen LogP contribution in [0.5, 0.6) is 5.75 Å². The molecule has 2 aromatic carbocycles. The van der Waals surface area contributed by atoms with Crippen molar-refractivity contribution in [3.05, 3.63) is 70.6 Å². The fraction of sp³-hybridized carbons (Fsp3) is 0.400. The second-order valence-electron chi connectivity index (χ2n) is 9.81. The maximum Gasteiger partial charge on any atom is 0.303 e. The number of carbonyl (C=O) groups is 1. The summed E-state index contributed by atoms with van der Waals surface area (Å²) in [7, 11) is 1.61. The van der Waals surface area contributed by atoms with Gasteiger partial charge in [0.05, 0.1) is 25.3 Å². The number of aliphatic hydroxyl groups excluding tert-OH is 1. The van der Waals surface area contributed by atoms with Gasteiger partial charge in [-0.2, -0.15) is 0 Å². The van der Waals surface area contributed by atoms with E-state index in [1.807, 2.05) is 24.3 Å². The zero-order valence-electron chi connectivity index (χ0n) is 21.4. The maximum atomic E-state index is 13.6. The van der Waals surface area contributed by atoms with Crippen LogP contribution >= 0.6 is 11.6 Å². The molecule has 1 aliphatic heterocycles. The highest BCUT2D eigenvalue weighted by Gasteiger charge is 2.30. The van der Waals surface area contributed by atoms with E-state index in [9.17, 15) is 19.4 Å². The Morgan fingerprint density at radius 2 is 2.08 bits per heavy atom. The minimum absolute atomic E-state index is 0.111. The fourth-order valence-electron chi connectivity index (χ4n) is 5.29. The zero-order chi connectivity index (χ0) is 27.1. The van der Waals surface area contributed by atoms with Crippen molar-refractivity contribution in [2.75, 3.05) is 26.7 Å². The number of halogens is 2. The molecule has 2 N–H and O–H groups in total. The van der Waals surface area contributed by atoms with E-state index >= 15 is 0 Å². The van der Waals surface area contributed by atoms with Crippen LogP contribution in [0.3, 0.4) is 0 Å². The van der Waals surface area contributed by atoms with Crippen molar-refractivity contribution < 1.29 is 24.1 Å². The fourth-order valence-corrected chi connectivity index (χ4v) is 5.51. The van der Waals surface area contributed by atoms with E-state index in [1.165, 1.54) is 12.1 Å². The molecule has 6 nitrogen and oxygen atoms in total. The van der Waals surface area contributed by atoms with Crippen LogP contribution in [0.15, 0.2) is 48.7 Å². The number of piperidine rings is 1. The van der Waals surface area contributed by atoms with Gasteiger partial charge >= 0.3 is 5.97 Å². The van der Waals surface area contributed by atoms with Crippen molar-refractivity contribution in [2.45, 2.75) is 38.2 Å². The van der Waals surface area contributed by atoms with Gasteiger partial charge in [-0.05, 0) is 92.1 Å². The number of ether oxygens (including phenoxy) is 1. The third-order valence-corrected chi connectivity index (χ3v) is 7.47. The molecule has 1 aromatic heterocycles. The SMILES string of the molecule is COc1ccc2nccc([C@@H](O)CCC3CCN(CC#Cc4cc(F)cc(Cl)c4)CC3CCC(=O)O)c2c1. The van der Waals surface area contributed by atoms with Gasteiger partial charge in [-0.1, -0.05) is 23.4 Å². The maximum absolute atomic E-state index is 13.6. The van der Waals surface area contributed by atoms with E-state index in [-0.39, 0.29) is 12.3 Å². The van der Waals surface area contributed by atoms with Gasteiger partial charge in [-0.15, -0.1) is 0 Å². The lowest BCUT2D eigenvalue weighted by Crippen LogP contribution is -2.41. The van der Waals surface area contributed by atoms with Crippen molar-refractivity contribution in [1.29, 1.82) is 0 Å². The number of pyridine rings is 1. The number of hydrogen-bond acceptors (Lipinski definition) is 5. The molecule has 1 saturated heterocycles. The summed E-state index contributed by atoms with van der Waals surface area (Å²) in [6, 6.07) is 11.7. The number of aliphatic hydroxyl groups is 1. The van der Waals surface area contributed by atoms with E-state index in [1.54, 1.807) is 19.4 Å². The number of rotatable bonds is 9. The summed E-state index contributed by atoms with van der Waals surface area (Å²) in [5.74, 6) is 6.05. The standard InChI is InChI=1S/C30H32ClFN2O4/c1-38-25-6-7-28-27(18-25)26(10-12-33-28)29(35)8-4-21-11-14-34(19-22(21)5-9-30(36)37)13-2-3-20-15-23(31)17-24(32)16-20/h6-7,10,12,15-18,21-22,29,35H,4-5,8-9,11,13-14,19H2,1H3,(H,36,37)/t21?,22?,29-/m0/s1. The molecule has 0 radical (unpaired) electrons. The number of methoxy groups -OCH3 is 1. The first-order valence-corrected chi connectivity index (χ1v) is 13.2. The predicted molar refractivity (Wildman–Crippen MR) is 146 cm³/mol. The van der Waals surface area contributed by atoms with E-state index < -0.39 is 17.9 Å². The highest BCUT2D eigenvalue weighted by molar-refractivity contribution is 6.30. The van der Waals surface area contributed by atoms with Crippen LogP contribution in [0.1, 0.15) is 49.3 Å². The summed E-state index contributed by atoms with van der Waals surface area (Å²) in [4.78, 5) is 17.9. The number of likely N-dealkylation sites (tertiary alicyclic amines) is 1. The minimum atomic E-state index is -0.805. The molecule has 0 spiro atoms. The van der Waals surface area contributed by atoms with Crippen LogP contribution in [0.4, 0.5) is 4.39 Å².